The number of hydrogen-bond acceptors (Lipinski definition) is 7. The van der Waals surface area contributed by atoms with Gasteiger partial charge in [-0.3, -0.25) is 4.79 Å². The van der Waals surface area contributed by atoms with Crippen LogP contribution in [-0.2, 0) is 6.42 Å². The van der Waals surface area contributed by atoms with Crippen LogP contribution in [0.1, 0.15) is 23.0 Å². The summed E-state index contributed by atoms with van der Waals surface area (Å²) in [7, 11) is 4.46. The zero-order valence-electron chi connectivity index (χ0n) is 12.8. The fraction of sp³-hybridized carbons (Fsp3) is 0.357. The first-order chi connectivity index (χ1) is 10.6. The largest absolute Gasteiger partial charge is 0.493 e. The van der Waals surface area contributed by atoms with Gasteiger partial charge in [0.15, 0.2) is 11.5 Å². The average molecular weight is 307 g/mol. The maximum absolute atomic E-state index is 12.3. The topological polar surface area (TPSA) is 95.7 Å². The summed E-state index contributed by atoms with van der Waals surface area (Å²) in [6.07, 6.45) is 0.592. The summed E-state index contributed by atoms with van der Waals surface area (Å²) in [6, 6.07) is 3.10. The minimum Gasteiger partial charge on any atom is -0.493 e. The van der Waals surface area contributed by atoms with Gasteiger partial charge < -0.3 is 19.5 Å². The number of benzene rings is 1. The molecule has 2 rings (SSSR count). The molecule has 0 aliphatic carbocycles. The minimum absolute atomic E-state index is 0.293. The van der Waals surface area contributed by atoms with E-state index in [4.69, 9.17) is 14.2 Å². The Bertz CT molecular complexity index is 643. The minimum atomic E-state index is -0.385. The third-order valence-corrected chi connectivity index (χ3v) is 3.05. The summed E-state index contributed by atoms with van der Waals surface area (Å²) in [4.78, 5) is 12.3. The van der Waals surface area contributed by atoms with Crippen molar-refractivity contribution in [3.05, 3.63) is 23.4 Å². The highest BCUT2D eigenvalue weighted by Crippen LogP contribution is 2.38. The van der Waals surface area contributed by atoms with Gasteiger partial charge >= 0.3 is 0 Å². The Balaban J connectivity index is 2.33. The van der Waals surface area contributed by atoms with E-state index < -0.39 is 0 Å². The van der Waals surface area contributed by atoms with E-state index in [-0.39, 0.29) is 5.91 Å². The number of carbonyl (C=O) groups is 1. The first kappa shape index (κ1) is 15.6. The number of carbonyl (C=O) groups excluding carboxylic acids is 1. The molecular formula is C14H17N3O5. The van der Waals surface area contributed by atoms with Gasteiger partial charge in [-0.05, 0) is 23.7 Å². The number of nitrogens with zero attached hydrogens (tertiary/aromatic N) is 2. The van der Waals surface area contributed by atoms with E-state index in [1.165, 1.54) is 21.3 Å². The number of anilines is 1. The molecule has 8 nitrogen and oxygen atoms in total. The molecule has 0 saturated carbocycles. The molecule has 0 spiro atoms. The molecule has 0 unspecified atom stereocenters. The summed E-state index contributed by atoms with van der Waals surface area (Å²) >= 11 is 0. The summed E-state index contributed by atoms with van der Waals surface area (Å²) < 4.78 is 20.3. The standard InChI is InChI=1S/C14H17N3O5/c1-5-9-13(17-22-16-9)15-14(18)8-6-10(19-2)12(21-4)11(7-8)20-3/h6-7H,5H2,1-4H3,(H,15,17,18). The van der Waals surface area contributed by atoms with E-state index in [0.717, 1.165) is 0 Å². The van der Waals surface area contributed by atoms with Gasteiger partial charge in [0.05, 0.1) is 21.3 Å². The highest BCUT2D eigenvalue weighted by molar-refractivity contribution is 6.04. The van der Waals surface area contributed by atoms with Crippen molar-refractivity contribution in [2.45, 2.75) is 13.3 Å². The molecule has 8 heteroatoms. The predicted octanol–water partition coefficient (Wildman–Crippen LogP) is 1.91. The van der Waals surface area contributed by atoms with Crippen LogP contribution in [0.3, 0.4) is 0 Å². The van der Waals surface area contributed by atoms with Crippen molar-refractivity contribution in [3.8, 4) is 17.2 Å². The number of aromatic nitrogens is 2. The molecule has 22 heavy (non-hydrogen) atoms. The lowest BCUT2D eigenvalue weighted by atomic mass is 10.1. The van der Waals surface area contributed by atoms with Crippen molar-refractivity contribution >= 4 is 11.7 Å². The van der Waals surface area contributed by atoms with E-state index >= 15 is 0 Å². The molecule has 118 valence electrons. The fourth-order valence-corrected chi connectivity index (χ4v) is 1.93. The molecule has 1 aromatic heterocycles. The second kappa shape index (κ2) is 6.79. The Kier molecular flexibility index (Phi) is 4.82. The van der Waals surface area contributed by atoms with Crippen LogP contribution in [0.15, 0.2) is 16.8 Å². The van der Waals surface area contributed by atoms with E-state index in [9.17, 15) is 4.79 Å². The van der Waals surface area contributed by atoms with Gasteiger partial charge in [0.1, 0.15) is 5.69 Å². The summed E-state index contributed by atoms with van der Waals surface area (Å²) in [5, 5.41) is 10.0. The first-order valence-electron chi connectivity index (χ1n) is 6.57. The van der Waals surface area contributed by atoms with Gasteiger partial charge in [0.25, 0.3) is 5.91 Å². The number of rotatable bonds is 6. The Morgan fingerprint density at radius 3 is 2.27 bits per heavy atom. The maximum Gasteiger partial charge on any atom is 0.257 e. The normalized spacial score (nSPS) is 10.2. The van der Waals surface area contributed by atoms with E-state index in [2.05, 4.69) is 20.3 Å². The molecule has 0 saturated heterocycles. The van der Waals surface area contributed by atoms with Gasteiger partial charge in [-0.15, -0.1) is 0 Å². The number of ether oxygens (including phenoxy) is 3. The SMILES string of the molecule is CCc1nonc1NC(=O)c1cc(OC)c(OC)c(OC)c1. The number of hydrogen-bond donors (Lipinski definition) is 1. The Morgan fingerprint density at radius 2 is 1.77 bits per heavy atom. The molecule has 1 heterocycles. The Hall–Kier alpha value is -2.77. The monoisotopic (exact) mass is 307 g/mol. The van der Waals surface area contributed by atoms with Crippen LogP contribution >= 0.6 is 0 Å². The molecule has 0 radical (unpaired) electrons. The van der Waals surface area contributed by atoms with Crippen LogP contribution in [0.25, 0.3) is 0 Å². The van der Waals surface area contributed by atoms with Crippen LogP contribution in [0, 0.1) is 0 Å². The molecule has 1 aromatic carbocycles. The average Bonchev–Trinajstić information content (AvgIpc) is 3.00. The summed E-state index contributed by atoms with van der Waals surface area (Å²) in [5.74, 6) is 1.10. The number of aryl methyl sites for hydroxylation is 1. The van der Waals surface area contributed by atoms with Crippen LogP contribution < -0.4 is 19.5 Å². The van der Waals surface area contributed by atoms with Gasteiger partial charge in [0, 0.05) is 5.56 Å². The second-order valence-corrected chi connectivity index (χ2v) is 4.28. The predicted molar refractivity (Wildman–Crippen MR) is 77.7 cm³/mol. The third-order valence-electron chi connectivity index (χ3n) is 3.05. The van der Waals surface area contributed by atoms with Crippen molar-refractivity contribution in [1.82, 2.24) is 10.3 Å². The van der Waals surface area contributed by atoms with E-state index in [0.29, 0.717) is 40.7 Å². The van der Waals surface area contributed by atoms with Crippen LogP contribution in [0.5, 0.6) is 17.2 Å². The van der Waals surface area contributed by atoms with Crippen molar-refractivity contribution in [2.24, 2.45) is 0 Å². The molecule has 0 atom stereocenters. The van der Waals surface area contributed by atoms with Gasteiger partial charge in [-0.25, -0.2) is 4.63 Å². The quantitative estimate of drug-likeness (QED) is 0.870. The summed E-state index contributed by atoms with van der Waals surface area (Å²) in [5.41, 5.74) is 0.903. The van der Waals surface area contributed by atoms with Gasteiger partial charge in [-0.1, -0.05) is 12.1 Å². The van der Waals surface area contributed by atoms with E-state index in [1.54, 1.807) is 12.1 Å². The highest BCUT2D eigenvalue weighted by atomic mass is 16.6. The number of nitrogens with one attached hydrogen (secondary N) is 1. The molecule has 0 bridgehead atoms. The lowest BCUT2D eigenvalue weighted by molar-refractivity contribution is 0.102. The van der Waals surface area contributed by atoms with Gasteiger partial charge in [-0.2, -0.15) is 0 Å². The van der Waals surface area contributed by atoms with Crippen LogP contribution in [0.4, 0.5) is 5.82 Å². The van der Waals surface area contributed by atoms with Crippen molar-refractivity contribution in [1.29, 1.82) is 0 Å². The highest BCUT2D eigenvalue weighted by Gasteiger charge is 2.19. The van der Waals surface area contributed by atoms with Crippen LogP contribution in [0.2, 0.25) is 0 Å². The molecule has 0 aliphatic rings. The molecular weight excluding hydrogens is 290 g/mol. The lowest BCUT2D eigenvalue weighted by Crippen LogP contribution is -2.14. The zero-order chi connectivity index (χ0) is 16.1. The maximum atomic E-state index is 12.3. The van der Waals surface area contributed by atoms with Gasteiger partial charge in [0.2, 0.25) is 11.6 Å². The zero-order valence-corrected chi connectivity index (χ0v) is 12.8. The lowest BCUT2D eigenvalue weighted by Gasteiger charge is -2.13. The fourth-order valence-electron chi connectivity index (χ4n) is 1.93. The Morgan fingerprint density at radius 1 is 1.14 bits per heavy atom. The molecule has 1 N–H and O–H groups in total. The van der Waals surface area contributed by atoms with E-state index in [1.807, 2.05) is 6.92 Å². The molecule has 1 amide bonds. The number of methoxy groups -OCH3 is 3. The number of amides is 1. The smallest absolute Gasteiger partial charge is 0.257 e. The van der Waals surface area contributed by atoms with Crippen LogP contribution in [-0.4, -0.2) is 37.5 Å². The van der Waals surface area contributed by atoms with Crippen molar-refractivity contribution in [3.63, 3.8) is 0 Å². The second-order valence-electron chi connectivity index (χ2n) is 4.28. The van der Waals surface area contributed by atoms with Crippen molar-refractivity contribution in [2.75, 3.05) is 26.6 Å². The molecule has 2 aromatic rings. The Labute approximate surface area is 127 Å². The third kappa shape index (κ3) is 2.95. The first-order valence-corrected chi connectivity index (χ1v) is 6.57. The molecule has 0 fully saturated rings. The summed E-state index contributed by atoms with van der Waals surface area (Å²) in [6.45, 7) is 1.88. The van der Waals surface area contributed by atoms with Crippen molar-refractivity contribution < 1.29 is 23.6 Å². The molecule has 0 aliphatic heterocycles.